The van der Waals surface area contributed by atoms with Gasteiger partial charge in [0, 0.05) is 13.0 Å². The van der Waals surface area contributed by atoms with Gasteiger partial charge in [0.05, 0.1) is 0 Å². The molecule has 0 saturated carbocycles. The normalized spacial score (nSPS) is 12.2. The molecule has 1 N–H and O–H groups in total. The summed E-state index contributed by atoms with van der Waals surface area (Å²) in [6, 6.07) is 8.72. The van der Waals surface area contributed by atoms with Crippen LogP contribution in [0, 0.1) is 6.92 Å². The molecule has 1 aromatic carbocycles. The van der Waals surface area contributed by atoms with E-state index < -0.39 is 0 Å². The largest absolute Gasteiger partial charge is 0.353 e. The van der Waals surface area contributed by atoms with Crippen molar-refractivity contribution in [3.8, 4) is 0 Å². The molecule has 0 aliphatic heterocycles. The van der Waals surface area contributed by atoms with E-state index in [-0.39, 0.29) is 11.9 Å². The summed E-state index contributed by atoms with van der Waals surface area (Å²) in [5.41, 5.74) is 2.55. The van der Waals surface area contributed by atoms with E-state index >= 15 is 0 Å². The minimum absolute atomic E-state index is 0.0500. The first-order valence-electron chi connectivity index (χ1n) is 5.44. The van der Waals surface area contributed by atoms with E-state index in [0.29, 0.717) is 0 Å². The van der Waals surface area contributed by atoms with Crippen LogP contribution in [0.4, 0.5) is 0 Å². The van der Waals surface area contributed by atoms with Crippen LogP contribution in [0.1, 0.15) is 31.4 Å². The third-order valence-electron chi connectivity index (χ3n) is 2.50. The van der Waals surface area contributed by atoms with Crippen molar-refractivity contribution in [2.24, 2.45) is 0 Å². The standard InChI is InChI=1S/C13H19NO/c1-4-13(14-11(3)15)9-12-7-5-10(2)6-8-12/h5-8,13H,4,9H2,1-3H3,(H,14,15)/t13-/m1/s1. The molecule has 2 heteroatoms. The Balaban J connectivity index is 2.58. The smallest absolute Gasteiger partial charge is 0.217 e. The van der Waals surface area contributed by atoms with Crippen molar-refractivity contribution >= 4 is 5.91 Å². The predicted octanol–water partition coefficient (Wildman–Crippen LogP) is 2.45. The van der Waals surface area contributed by atoms with Crippen LogP contribution in [-0.4, -0.2) is 11.9 Å². The summed E-state index contributed by atoms with van der Waals surface area (Å²) in [4.78, 5) is 10.9. The van der Waals surface area contributed by atoms with Crippen LogP contribution in [0.3, 0.4) is 0 Å². The molecule has 82 valence electrons. The van der Waals surface area contributed by atoms with E-state index in [1.807, 2.05) is 0 Å². The lowest BCUT2D eigenvalue weighted by molar-refractivity contribution is -0.119. The number of amides is 1. The molecular weight excluding hydrogens is 186 g/mol. The molecule has 0 radical (unpaired) electrons. The third-order valence-corrected chi connectivity index (χ3v) is 2.50. The number of carbonyl (C=O) groups is 1. The van der Waals surface area contributed by atoms with Gasteiger partial charge in [0.15, 0.2) is 0 Å². The summed E-state index contributed by atoms with van der Waals surface area (Å²) in [7, 11) is 0. The van der Waals surface area contributed by atoms with Crippen molar-refractivity contribution < 1.29 is 4.79 Å². The molecule has 0 aromatic heterocycles. The Hall–Kier alpha value is -1.31. The summed E-state index contributed by atoms with van der Waals surface area (Å²) in [6.45, 7) is 5.74. The van der Waals surface area contributed by atoms with Gasteiger partial charge in [0.1, 0.15) is 0 Å². The number of carbonyl (C=O) groups excluding carboxylic acids is 1. The highest BCUT2D eigenvalue weighted by Gasteiger charge is 2.07. The molecule has 1 amide bonds. The predicted molar refractivity (Wildman–Crippen MR) is 62.8 cm³/mol. The van der Waals surface area contributed by atoms with Crippen LogP contribution >= 0.6 is 0 Å². The highest BCUT2D eigenvalue weighted by molar-refractivity contribution is 5.73. The fourth-order valence-corrected chi connectivity index (χ4v) is 1.59. The molecule has 0 spiro atoms. The fraction of sp³-hybridized carbons (Fsp3) is 0.462. The van der Waals surface area contributed by atoms with Gasteiger partial charge in [-0.25, -0.2) is 0 Å². The molecule has 0 heterocycles. The van der Waals surface area contributed by atoms with Gasteiger partial charge < -0.3 is 5.32 Å². The summed E-state index contributed by atoms with van der Waals surface area (Å²) >= 11 is 0. The summed E-state index contributed by atoms with van der Waals surface area (Å²) < 4.78 is 0. The number of hydrogen-bond acceptors (Lipinski definition) is 1. The van der Waals surface area contributed by atoms with Gasteiger partial charge in [0.2, 0.25) is 5.91 Å². The quantitative estimate of drug-likeness (QED) is 0.803. The van der Waals surface area contributed by atoms with E-state index in [2.05, 4.69) is 43.4 Å². The highest BCUT2D eigenvalue weighted by atomic mass is 16.1. The first-order valence-corrected chi connectivity index (χ1v) is 5.44. The number of benzene rings is 1. The molecule has 0 aliphatic carbocycles. The van der Waals surface area contributed by atoms with Gasteiger partial charge in [-0.05, 0) is 25.3 Å². The van der Waals surface area contributed by atoms with Crippen molar-refractivity contribution in [3.63, 3.8) is 0 Å². The van der Waals surface area contributed by atoms with Crippen LogP contribution in [0.5, 0.6) is 0 Å². The van der Waals surface area contributed by atoms with Gasteiger partial charge in [-0.2, -0.15) is 0 Å². The van der Waals surface area contributed by atoms with Crippen LogP contribution in [0.15, 0.2) is 24.3 Å². The first kappa shape index (κ1) is 11.8. The maximum Gasteiger partial charge on any atom is 0.217 e. The topological polar surface area (TPSA) is 29.1 Å². The Bertz CT molecular complexity index is 316. The van der Waals surface area contributed by atoms with Gasteiger partial charge in [-0.15, -0.1) is 0 Å². The number of aryl methyl sites for hydroxylation is 1. The lowest BCUT2D eigenvalue weighted by Crippen LogP contribution is -2.34. The van der Waals surface area contributed by atoms with Crippen LogP contribution < -0.4 is 5.32 Å². The first-order chi connectivity index (χ1) is 7.11. The Morgan fingerprint density at radius 3 is 2.40 bits per heavy atom. The van der Waals surface area contributed by atoms with Crippen LogP contribution in [0.25, 0.3) is 0 Å². The maximum absolute atomic E-state index is 10.9. The monoisotopic (exact) mass is 205 g/mol. The van der Waals surface area contributed by atoms with E-state index in [1.165, 1.54) is 11.1 Å². The number of hydrogen-bond donors (Lipinski definition) is 1. The van der Waals surface area contributed by atoms with Crippen molar-refractivity contribution in [1.82, 2.24) is 5.32 Å². The lowest BCUT2D eigenvalue weighted by Gasteiger charge is -2.15. The minimum atomic E-state index is 0.0500. The summed E-state index contributed by atoms with van der Waals surface area (Å²) in [6.07, 6.45) is 1.88. The van der Waals surface area contributed by atoms with E-state index in [9.17, 15) is 4.79 Å². The highest BCUT2D eigenvalue weighted by Crippen LogP contribution is 2.07. The maximum atomic E-state index is 10.9. The molecule has 0 saturated heterocycles. The molecular formula is C13H19NO. The second kappa shape index (κ2) is 5.54. The molecule has 1 aromatic rings. The average Bonchev–Trinajstić information content (AvgIpc) is 2.19. The Morgan fingerprint density at radius 2 is 1.93 bits per heavy atom. The van der Waals surface area contributed by atoms with E-state index in [4.69, 9.17) is 0 Å². The molecule has 1 atom stereocenters. The zero-order valence-electron chi connectivity index (χ0n) is 9.71. The van der Waals surface area contributed by atoms with E-state index in [0.717, 1.165) is 12.8 Å². The zero-order valence-corrected chi connectivity index (χ0v) is 9.71. The molecule has 0 aliphatic rings. The Morgan fingerprint density at radius 1 is 1.33 bits per heavy atom. The van der Waals surface area contributed by atoms with Crippen molar-refractivity contribution in [2.75, 3.05) is 0 Å². The second-order valence-electron chi connectivity index (χ2n) is 4.00. The summed E-state index contributed by atoms with van der Waals surface area (Å²) in [5.74, 6) is 0.0500. The fourth-order valence-electron chi connectivity index (χ4n) is 1.59. The van der Waals surface area contributed by atoms with Gasteiger partial charge >= 0.3 is 0 Å². The van der Waals surface area contributed by atoms with Gasteiger partial charge in [0.25, 0.3) is 0 Å². The van der Waals surface area contributed by atoms with Crippen LogP contribution in [0.2, 0.25) is 0 Å². The Kier molecular flexibility index (Phi) is 4.35. The molecule has 1 rings (SSSR count). The minimum Gasteiger partial charge on any atom is -0.353 e. The lowest BCUT2D eigenvalue weighted by atomic mass is 10.0. The van der Waals surface area contributed by atoms with Gasteiger partial charge in [-0.1, -0.05) is 36.8 Å². The molecule has 15 heavy (non-hydrogen) atoms. The number of nitrogens with one attached hydrogen (secondary N) is 1. The second-order valence-corrected chi connectivity index (χ2v) is 4.00. The SMILES string of the molecule is CC[C@H](Cc1ccc(C)cc1)NC(C)=O. The van der Waals surface area contributed by atoms with E-state index in [1.54, 1.807) is 6.92 Å². The summed E-state index contributed by atoms with van der Waals surface area (Å²) in [5, 5.41) is 2.95. The zero-order chi connectivity index (χ0) is 11.3. The Labute approximate surface area is 91.7 Å². The molecule has 0 unspecified atom stereocenters. The van der Waals surface area contributed by atoms with Gasteiger partial charge in [-0.3, -0.25) is 4.79 Å². The number of rotatable bonds is 4. The van der Waals surface area contributed by atoms with Crippen molar-refractivity contribution in [2.45, 2.75) is 39.7 Å². The third kappa shape index (κ3) is 4.15. The van der Waals surface area contributed by atoms with Crippen molar-refractivity contribution in [3.05, 3.63) is 35.4 Å². The van der Waals surface area contributed by atoms with Crippen molar-refractivity contribution in [1.29, 1.82) is 0 Å². The molecule has 2 nitrogen and oxygen atoms in total. The molecule has 0 bridgehead atoms. The average molecular weight is 205 g/mol. The van der Waals surface area contributed by atoms with Crippen LogP contribution in [-0.2, 0) is 11.2 Å². The molecule has 0 fully saturated rings.